The van der Waals surface area contributed by atoms with Gasteiger partial charge in [-0.25, -0.2) is 4.39 Å². The first-order valence-corrected chi connectivity index (χ1v) is 6.29. The van der Waals surface area contributed by atoms with E-state index in [1.165, 1.54) is 6.07 Å². The lowest BCUT2D eigenvalue weighted by Gasteiger charge is -2.13. The van der Waals surface area contributed by atoms with Gasteiger partial charge < -0.3 is 10.6 Å². The number of hydrogen-bond donors (Lipinski definition) is 2. The molecule has 1 rings (SSSR count). The molecule has 0 bridgehead atoms. The Labute approximate surface area is 109 Å². The minimum Gasteiger partial charge on any atom is -0.355 e. The summed E-state index contributed by atoms with van der Waals surface area (Å²) >= 11 is 3.09. The van der Waals surface area contributed by atoms with Crippen LogP contribution in [0.5, 0.6) is 0 Å². The molecule has 0 spiro atoms. The quantitative estimate of drug-likeness (QED) is 0.875. The molecule has 1 aromatic rings. The summed E-state index contributed by atoms with van der Waals surface area (Å²) in [5.74, 6) is -0.347. The highest BCUT2D eigenvalue weighted by Crippen LogP contribution is 2.16. The van der Waals surface area contributed by atoms with Gasteiger partial charge in [0.1, 0.15) is 5.82 Å². The van der Waals surface area contributed by atoms with Crippen LogP contribution in [0.15, 0.2) is 22.7 Å². The Morgan fingerprint density at radius 3 is 2.82 bits per heavy atom. The number of halogens is 2. The Kier molecular flexibility index (Phi) is 5.58. The second kappa shape index (κ2) is 6.71. The predicted octanol–water partition coefficient (Wildman–Crippen LogP) is 2.20. The second-order valence-corrected chi connectivity index (χ2v) is 4.60. The Hall–Kier alpha value is -0.940. The number of carbonyl (C=O) groups is 1. The van der Waals surface area contributed by atoms with Crippen LogP contribution in [0.2, 0.25) is 0 Å². The molecule has 1 unspecified atom stereocenters. The minimum absolute atomic E-state index is 0.0508. The summed E-state index contributed by atoms with van der Waals surface area (Å²) in [4.78, 5) is 11.4. The second-order valence-electron chi connectivity index (χ2n) is 3.75. The monoisotopic (exact) mass is 302 g/mol. The lowest BCUT2D eigenvalue weighted by Crippen LogP contribution is -2.41. The van der Waals surface area contributed by atoms with Crippen molar-refractivity contribution in [1.29, 1.82) is 0 Å². The van der Waals surface area contributed by atoms with Crippen LogP contribution in [-0.4, -0.2) is 18.5 Å². The fourth-order valence-corrected chi connectivity index (χ4v) is 1.59. The third-order valence-electron chi connectivity index (χ3n) is 2.34. The summed E-state index contributed by atoms with van der Waals surface area (Å²) in [5.41, 5.74) is 0.807. The van der Waals surface area contributed by atoms with Crippen molar-refractivity contribution in [2.75, 3.05) is 6.54 Å². The van der Waals surface area contributed by atoms with Crippen molar-refractivity contribution in [2.24, 2.45) is 0 Å². The Morgan fingerprint density at radius 1 is 1.53 bits per heavy atom. The molecule has 1 atom stereocenters. The summed E-state index contributed by atoms with van der Waals surface area (Å²) in [7, 11) is 0. The van der Waals surface area contributed by atoms with Crippen LogP contribution in [0.3, 0.4) is 0 Å². The molecule has 2 N–H and O–H groups in total. The molecular weight excluding hydrogens is 287 g/mol. The van der Waals surface area contributed by atoms with E-state index in [1.54, 1.807) is 13.0 Å². The van der Waals surface area contributed by atoms with Crippen molar-refractivity contribution in [3.8, 4) is 0 Å². The summed E-state index contributed by atoms with van der Waals surface area (Å²) < 4.78 is 13.7. The van der Waals surface area contributed by atoms with Gasteiger partial charge in [0.05, 0.1) is 10.5 Å². The first-order chi connectivity index (χ1) is 8.04. The van der Waals surface area contributed by atoms with E-state index in [0.717, 1.165) is 5.56 Å². The third kappa shape index (κ3) is 4.44. The standard InChI is InChI=1S/C12H16BrFN2O/c1-3-15-12(17)8(2)16-7-9-4-5-10(13)11(14)6-9/h4-6,8,16H,3,7H2,1-2H3,(H,15,17). The maximum absolute atomic E-state index is 13.2. The molecule has 1 amide bonds. The molecule has 0 aliphatic rings. The molecule has 0 fully saturated rings. The maximum Gasteiger partial charge on any atom is 0.236 e. The zero-order valence-corrected chi connectivity index (χ0v) is 11.5. The molecule has 0 aliphatic carbocycles. The first kappa shape index (κ1) is 14.1. The van der Waals surface area contributed by atoms with Crippen molar-refractivity contribution in [2.45, 2.75) is 26.4 Å². The molecule has 3 nitrogen and oxygen atoms in total. The highest BCUT2D eigenvalue weighted by atomic mass is 79.9. The number of carbonyl (C=O) groups excluding carboxylic acids is 1. The van der Waals surface area contributed by atoms with Crippen LogP contribution in [0, 0.1) is 5.82 Å². The number of rotatable bonds is 5. The predicted molar refractivity (Wildman–Crippen MR) is 69.1 cm³/mol. The molecule has 17 heavy (non-hydrogen) atoms. The molecule has 5 heteroatoms. The van der Waals surface area contributed by atoms with E-state index in [9.17, 15) is 9.18 Å². The lowest BCUT2D eigenvalue weighted by atomic mass is 10.2. The molecule has 0 saturated heterocycles. The molecule has 0 aromatic heterocycles. The maximum atomic E-state index is 13.2. The number of likely N-dealkylation sites (N-methyl/N-ethyl adjacent to an activating group) is 1. The van der Waals surface area contributed by atoms with Crippen LogP contribution >= 0.6 is 15.9 Å². The molecule has 0 saturated carbocycles. The number of benzene rings is 1. The van der Waals surface area contributed by atoms with Gasteiger partial charge >= 0.3 is 0 Å². The minimum atomic E-state index is -0.296. The summed E-state index contributed by atoms with van der Waals surface area (Å²) in [6.45, 7) is 4.72. The summed E-state index contributed by atoms with van der Waals surface area (Å²) in [6.07, 6.45) is 0. The average Bonchev–Trinajstić information content (AvgIpc) is 2.30. The summed E-state index contributed by atoms with van der Waals surface area (Å²) in [6, 6.07) is 4.62. The average molecular weight is 303 g/mol. The van der Waals surface area contributed by atoms with E-state index >= 15 is 0 Å². The zero-order valence-electron chi connectivity index (χ0n) is 9.89. The van der Waals surface area contributed by atoms with Crippen LogP contribution in [-0.2, 0) is 11.3 Å². The van der Waals surface area contributed by atoms with Crippen LogP contribution in [0.1, 0.15) is 19.4 Å². The SMILES string of the molecule is CCNC(=O)C(C)NCc1ccc(Br)c(F)c1. The van der Waals surface area contributed by atoms with Crippen molar-refractivity contribution >= 4 is 21.8 Å². The highest BCUT2D eigenvalue weighted by molar-refractivity contribution is 9.10. The van der Waals surface area contributed by atoms with E-state index < -0.39 is 0 Å². The molecule has 0 radical (unpaired) electrons. The number of hydrogen-bond acceptors (Lipinski definition) is 2. The molecular formula is C12H16BrFN2O. The fourth-order valence-electron chi connectivity index (χ4n) is 1.34. The largest absolute Gasteiger partial charge is 0.355 e. The van der Waals surface area contributed by atoms with Crippen molar-refractivity contribution in [3.63, 3.8) is 0 Å². The van der Waals surface area contributed by atoms with E-state index in [0.29, 0.717) is 17.6 Å². The molecule has 0 aliphatic heterocycles. The van der Waals surface area contributed by atoms with Gasteiger partial charge in [-0.05, 0) is 47.5 Å². The van der Waals surface area contributed by atoms with E-state index in [1.807, 2.05) is 13.0 Å². The van der Waals surface area contributed by atoms with Gasteiger partial charge in [-0.15, -0.1) is 0 Å². The van der Waals surface area contributed by atoms with Crippen molar-refractivity contribution in [1.82, 2.24) is 10.6 Å². The molecule has 1 aromatic carbocycles. The van der Waals surface area contributed by atoms with Crippen molar-refractivity contribution < 1.29 is 9.18 Å². The zero-order chi connectivity index (χ0) is 12.8. The normalized spacial score (nSPS) is 12.2. The van der Waals surface area contributed by atoms with Gasteiger partial charge in [-0.3, -0.25) is 4.79 Å². The fraction of sp³-hybridized carbons (Fsp3) is 0.417. The smallest absolute Gasteiger partial charge is 0.236 e. The Bertz CT molecular complexity index is 398. The van der Waals surface area contributed by atoms with E-state index in [2.05, 4.69) is 26.6 Å². The van der Waals surface area contributed by atoms with Gasteiger partial charge in [0.15, 0.2) is 0 Å². The van der Waals surface area contributed by atoms with Crippen LogP contribution < -0.4 is 10.6 Å². The Balaban J connectivity index is 2.50. The van der Waals surface area contributed by atoms with Gasteiger partial charge in [0.2, 0.25) is 5.91 Å². The van der Waals surface area contributed by atoms with Crippen molar-refractivity contribution in [3.05, 3.63) is 34.1 Å². The first-order valence-electron chi connectivity index (χ1n) is 5.49. The van der Waals surface area contributed by atoms with Crippen LogP contribution in [0.4, 0.5) is 4.39 Å². The highest BCUT2D eigenvalue weighted by Gasteiger charge is 2.10. The van der Waals surface area contributed by atoms with Gasteiger partial charge in [-0.2, -0.15) is 0 Å². The van der Waals surface area contributed by atoms with Gasteiger partial charge in [0, 0.05) is 13.1 Å². The molecule has 94 valence electrons. The van der Waals surface area contributed by atoms with Crippen LogP contribution in [0.25, 0.3) is 0 Å². The van der Waals surface area contributed by atoms with Gasteiger partial charge in [0.25, 0.3) is 0 Å². The number of amides is 1. The molecule has 0 heterocycles. The Morgan fingerprint density at radius 2 is 2.24 bits per heavy atom. The van der Waals surface area contributed by atoms with E-state index in [4.69, 9.17) is 0 Å². The third-order valence-corrected chi connectivity index (χ3v) is 2.98. The number of nitrogens with one attached hydrogen (secondary N) is 2. The van der Waals surface area contributed by atoms with Gasteiger partial charge in [-0.1, -0.05) is 6.07 Å². The van der Waals surface area contributed by atoms with E-state index in [-0.39, 0.29) is 17.8 Å². The summed E-state index contributed by atoms with van der Waals surface area (Å²) in [5, 5.41) is 5.76. The topological polar surface area (TPSA) is 41.1 Å². The lowest BCUT2D eigenvalue weighted by molar-refractivity contribution is -0.122.